The van der Waals surface area contributed by atoms with Crippen molar-refractivity contribution in [3.8, 4) is 5.69 Å². The van der Waals surface area contributed by atoms with Crippen LogP contribution in [-0.2, 0) is 6.61 Å². The number of halogens is 1. The van der Waals surface area contributed by atoms with Gasteiger partial charge in [-0.25, -0.2) is 9.07 Å². The first-order chi connectivity index (χ1) is 9.81. The fraction of sp³-hybridized carbons (Fsp3) is 0.467. The second-order valence-electron chi connectivity index (χ2n) is 5.28. The van der Waals surface area contributed by atoms with Gasteiger partial charge in [0.25, 0.3) is 0 Å². The number of aromatic nitrogens is 3. The number of nitrogens with zero attached hydrogens (tertiary/aromatic N) is 3. The molecule has 0 amide bonds. The molecule has 0 unspecified atom stereocenters. The molecule has 0 atom stereocenters. The first-order valence-corrected chi connectivity index (χ1v) is 7.11. The van der Waals surface area contributed by atoms with Gasteiger partial charge in [-0.05, 0) is 25.0 Å². The molecule has 1 saturated carbocycles. The molecule has 0 bridgehead atoms. The lowest BCUT2D eigenvalue weighted by Gasteiger charge is -2.23. The van der Waals surface area contributed by atoms with Gasteiger partial charge >= 0.3 is 0 Å². The molecular weight excluding hydrogens is 257 g/mol. The van der Waals surface area contributed by atoms with Gasteiger partial charge in [-0.1, -0.05) is 36.6 Å². The number of para-hydroxylation sites is 1. The predicted octanol–water partition coefficient (Wildman–Crippen LogP) is 2.95. The summed E-state index contributed by atoms with van der Waals surface area (Å²) in [6.45, 7) is -0.152. The van der Waals surface area contributed by atoms with Crippen LogP contribution in [0.15, 0.2) is 24.3 Å². The van der Waals surface area contributed by atoms with Gasteiger partial charge in [0.15, 0.2) is 0 Å². The molecular formula is C15H18FN3O. The third-order valence-corrected chi connectivity index (χ3v) is 4.00. The Balaban J connectivity index is 2.07. The monoisotopic (exact) mass is 275 g/mol. The molecule has 2 aromatic rings. The van der Waals surface area contributed by atoms with E-state index in [-0.39, 0.29) is 12.4 Å². The van der Waals surface area contributed by atoms with Gasteiger partial charge in [0.1, 0.15) is 17.2 Å². The number of aliphatic hydroxyl groups is 1. The van der Waals surface area contributed by atoms with Gasteiger partial charge < -0.3 is 5.11 Å². The van der Waals surface area contributed by atoms with E-state index in [1.165, 1.54) is 12.5 Å². The van der Waals surface area contributed by atoms with Gasteiger partial charge in [-0.2, -0.15) is 0 Å². The second-order valence-corrected chi connectivity index (χ2v) is 5.28. The number of aliphatic hydroxyl groups excluding tert-OH is 1. The van der Waals surface area contributed by atoms with Crippen molar-refractivity contribution >= 4 is 0 Å². The highest BCUT2D eigenvalue weighted by Gasteiger charge is 2.25. The summed E-state index contributed by atoms with van der Waals surface area (Å²) in [5.74, 6) is -0.0144. The Morgan fingerprint density at radius 1 is 1.20 bits per heavy atom. The third-order valence-electron chi connectivity index (χ3n) is 4.00. The van der Waals surface area contributed by atoms with Crippen molar-refractivity contribution in [3.05, 3.63) is 41.5 Å². The van der Waals surface area contributed by atoms with Crippen LogP contribution < -0.4 is 0 Å². The third kappa shape index (κ3) is 2.33. The van der Waals surface area contributed by atoms with Crippen molar-refractivity contribution in [2.75, 3.05) is 0 Å². The molecule has 0 radical (unpaired) electrons. The Kier molecular flexibility index (Phi) is 3.78. The van der Waals surface area contributed by atoms with Gasteiger partial charge in [-0.15, -0.1) is 5.10 Å². The number of rotatable bonds is 3. The van der Waals surface area contributed by atoms with Crippen LogP contribution in [0.4, 0.5) is 4.39 Å². The van der Waals surface area contributed by atoms with Crippen LogP contribution >= 0.6 is 0 Å². The summed E-state index contributed by atoms with van der Waals surface area (Å²) in [7, 11) is 0. The maximum absolute atomic E-state index is 14.0. The molecule has 1 fully saturated rings. The van der Waals surface area contributed by atoms with Gasteiger partial charge in [0.2, 0.25) is 0 Å². The van der Waals surface area contributed by atoms with Crippen molar-refractivity contribution in [2.24, 2.45) is 0 Å². The number of benzene rings is 1. The smallest absolute Gasteiger partial charge is 0.148 e. The largest absolute Gasteiger partial charge is 0.390 e. The van der Waals surface area contributed by atoms with E-state index in [4.69, 9.17) is 0 Å². The zero-order valence-electron chi connectivity index (χ0n) is 11.3. The summed E-state index contributed by atoms with van der Waals surface area (Å²) in [5, 5.41) is 17.6. The fourth-order valence-electron chi connectivity index (χ4n) is 3.02. The quantitative estimate of drug-likeness (QED) is 0.937. The van der Waals surface area contributed by atoms with Gasteiger partial charge in [0, 0.05) is 5.92 Å². The number of hydrogen-bond acceptors (Lipinski definition) is 3. The highest BCUT2D eigenvalue weighted by molar-refractivity contribution is 5.36. The zero-order valence-corrected chi connectivity index (χ0v) is 11.3. The van der Waals surface area contributed by atoms with E-state index in [0.717, 1.165) is 31.4 Å². The average Bonchev–Trinajstić information content (AvgIpc) is 2.92. The van der Waals surface area contributed by atoms with E-state index in [9.17, 15) is 9.50 Å². The van der Waals surface area contributed by atoms with Crippen LogP contribution in [0.5, 0.6) is 0 Å². The molecule has 3 rings (SSSR count). The minimum atomic E-state index is -0.320. The minimum absolute atomic E-state index is 0.152. The lowest BCUT2D eigenvalue weighted by molar-refractivity contribution is 0.273. The van der Waals surface area contributed by atoms with E-state index >= 15 is 0 Å². The summed E-state index contributed by atoms with van der Waals surface area (Å²) >= 11 is 0. The van der Waals surface area contributed by atoms with Crippen LogP contribution in [0.3, 0.4) is 0 Å². The molecule has 0 aliphatic heterocycles. The van der Waals surface area contributed by atoms with Gasteiger partial charge in [-0.3, -0.25) is 0 Å². The first kappa shape index (κ1) is 13.2. The van der Waals surface area contributed by atoms with E-state index in [1.54, 1.807) is 22.9 Å². The molecule has 0 spiro atoms. The van der Waals surface area contributed by atoms with Crippen LogP contribution in [0, 0.1) is 5.82 Å². The maximum Gasteiger partial charge on any atom is 0.148 e. The minimum Gasteiger partial charge on any atom is -0.390 e. The van der Waals surface area contributed by atoms with Crippen molar-refractivity contribution in [2.45, 2.75) is 44.6 Å². The summed E-state index contributed by atoms with van der Waals surface area (Å²) in [4.78, 5) is 0. The Bertz CT molecular complexity index is 591. The standard InChI is InChI=1S/C15H18FN3O/c16-12-8-4-5-9-14(12)19-15(13(10-20)17-18-19)11-6-2-1-3-7-11/h4-5,8-9,11,20H,1-3,6-7,10H2. The molecule has 106 valence electrons. The fourth-order valence-corrected chi connectivity index (χ4v) is 3.02. The summed E-state index contributed by atoms with van der Waals surface area (Å²) in [6, 6.07) is 6.55. The molecule has 5 heteroatoms. The summed E-state index contributed by atoms with van der Waals surface area (Å²) < 4.78 is 15.6. The first-order valence-electron chi connectivity index (χ1n) is 7.11. The van der Waals surface area contributed by atoms with E-state index in [0.29, 0.717) is 17.3 Å². The molecule has 4 nitrogen and oxygen atoms in total. The molecule has 20 heavy (non-hydrogen) atoms. The van der Waals surface area contributed by atoms with E-state index in [1.807, 2.05) is 0 Å². The van der Waals surface area contributed by atoms with E-state index in [2.05, 4.69) is 10.3 Å². The molecule has 1 aromatic carbocycles. The normalized spacial score (nSPS) is 16.5. The van der Waals surface area contributed by atoms with E-state index < -0.39 is 0 Å². The zero-order chi connectivity index (χ0) is 13.9. The summed E-state index contributed by atoms with van der Waals surface area (Å²) in [5.41, 5.74) is 1.85. The van der Waals surface area contributed by atoms with Crippen LogP contribution in [0.1, 0.15) is 49.4 Å². The molecule has 1 aliphatic carbocycles. The van der Waals surface area contributed by atoms with Crippen molar-refractivity contribution in [3.63, 3.8) is 0 Å². The molecule has 1 aliphatic rings. The Labute approximate surface area is 117 Å². The Morgan fingerprint density at radius 2 is 1.95 bits per heavy atom. The van der Waals surface area contributed by atoms with Crippen molar-refractivity contribution < 1.29 is 9.50 Å². The maximum atomic E-state index is 14.0. The second kappa shape index (κ2) is 5.71. The molecule has 1 N–H and O–H groups in total. The summed E-state index contributed by atoms with van der Waals surface area (Å²) in [6.07, 6.45) is 5.67. The average molecular weight is 275 g/mol. The lowest BCUT2D eigenvalue weighted by atomic mass is 9.86. The lowest BCUT2D eigenvalue weighted by Crippen LogP contribution is -2.13. The van der Waals surface area contributed by atoms with Gasteiger partial charge in [0.05, 0.1) is 12.3 Å². The SMILES string of the molecule is OCc1nnn(-c2ccccc2F)c1C1CCCCC1. The van der Waals surface area contributed by atoms with Crippen LogP contribution in [-0.4, -0.2) is 20.1 Å². The van der Waals surface area contributed by atoms with Crippen molar-refractivity contribution in [1.29, 1.82) is 0 Å². The number of hydrogen-bond donors (Lipinski definition) is 1. The van der Waals surface area contributed by atoms with Crippen molar-refractivity contribution in [1.82, 2.24) is 15.0 Å². The molecule has 1 aromatic heterocycles. The predicted molar refractivity (Wildman–Crippen MR) is 73.1 cm³/mol. The highest BCUT2D eigenvalue weighted by Crippen LogP contribution is 2.35. The topological polar surface area (TPSA) is 50.9 Å². The van der Waals surface area contributed by atoms with Crippen LogP contribution in [0.25, 0.3) is 5.69 Å². The van der Waals surface area contributed by atoms with Crippen LogP contribution in [0.2, 0.25) is 0 Å². The highest BCUT2D eigenvalue weighted by atomic mass is 19.1. The Morgan fingerprint density at radius 3 is 2.65 bits per heavy atom. The molecule has 1 heterocycles. The Hall–Kier alpha value is -1.75. The molecule has 0 saturated heterocycles.